The minimum absolute atomic E-state index is 0.0272. The van der Waals surface area contributed by atoms with Crippen molar-refractivity contribution in [2.45, 2.75) is 19.1 Å². The first-order valence-corrected chi connectivity index (χ1v) is 11.8. The normalized spacial score (nSPS) is 21.2. The Bertz CT molecular complexity index is 1180. The number of rotatable bonds is 7. The molecule has 1 aliphatic rings. The molecule has 0 amide bonds. The molecule has 0 saturated carbocycles. The van der Waals surface area contributed by atoms with Crippen molar-refractivity contribution in [3.8, 4) is 17.2 Å². The van der Waals surface area contributed by atoms with Gasteiger partial charge in [0.15, 0.2) is 22.9 Å². The lowest BCUT2D eigenvalue weighted by molar-refractivity contribution is -0.106. The van der Waals surface area contributed by atoms with E-state index >= 15 is 0 Å². The van der Waals surface area contributed by atoms with E-state index in [-0.39, 0.29) is 23.0 Å². The van der Waals surface area contributed by atoms with Crippen molar-refractivity contribution in [1.82, 2.24) is 3.89 Å². The van der Waals surface area contributed by atoms with E-state index in [0.717, 1.165) is 0 Å². The first-order chi connectivity index (χ1) is 15.5. The monoisotopic (exact) mass is 503 g/mol. The van der Waals surface area contributed by atoms with Crippen LogP contribution >= 0.6 is 11.6 Å². The van der Waals surface area contributed by atoms with Gasteiger partial charge in [0.1, 0.15) is 11.8 Å². The second-order valence-corrected chi connectivity index (χ2v) is 9.75. The van der Waals surface area contributed by atoms with Crippen LogP contribution in [0.4, 0.5) is 18.9 Å². The number of halogens is 4. The van der Waals surface area contributed by atoms with Crippen molar-refractivity contribution in [3.63, 3.8) is 0 Å². The van der Waals surface area contributed by atoms with Crippen LogP contribution in [0.15, 0.2) is 71.4 Å². The quantitative estimate of drug-likeness (QED) is 0.422. The van der Waals surface area contributed by atoms with Gasteiger partial charge in [-0.2, -0.15) is 21.6 Å². The molecule has 0 radical (unpaired) electrons. The molecule has 0 aliphatic carbocycles. The molecule has 2 aromatic rings. The largest absolute Gasteiger partial charge is 0.493 e. The fourth-order valence-corrected chi connectivity index (χ4v) is 6.45. The summed E-state index contributed by atoms with van der Waals surface area (Å²) in [6.45, 7) is 1.35. The molecule has 2 N–H and O–H groups in total. The molecule has 11 heteroatoms. The lowest BCUT2D eigenvalue weighted by Gasteiger charge is -2.41. The number of methoxy groups -OCH3 is 1. The first-order valence-electron chi connectivity index (χ1n) is 9.83. The summed E-state index contributed by atoms with van der Waals surface area (Å²) in [5.41, 5.74) is 5.95. The second-order valence-electron chi connectivity index (χ2n) is 7.37. The lowest BCUT2D eigenvalue weighted by atomic mass is 10.1. The standard InChI is InChI=1S/C22H23ClF3N2O4S/c1-15-7-8-16(13-27)21(23)28(15,33(29,30)14-22(24,25)26)17-9-11-18(12-10-17)32-20-6-4-3-5-19(20)31-2/h3-12,15H,13-14,27H2,1-2H3/q+1. The molecule has 0 bridgehead atoms. The Labute approximate surface area is 195 Å². The number of para-hydroxylation sites is 2. The van der Waals surface area contributed by atoms with Gasteiger partial charge in [-0.25, -0.2) is 0 Å². The summed E-state index contributed by atoms with van der Waals surface area (Å²) in [6.07, 6.45) is -1.94. The van der Waals surface area contributed by atoms with Gasteiger partial charge >= 0.3 is 16.2 Å². The van der Waals surface area contributed by atoms with E-state index in [1.54, 1.807) is 24.3 Å². The Morgan fingerprint density at radius 1 is 1.09 bits per heavy atom. The van der Waals surface area contributed by atoms with Gasteiger partial charge in [-0.15, -0.1) is 3.89 Å². The zero-order valence-electron chi connectivity index (χ0n) is 17.8. The fraction of sp³-hybridized carbons (Fsp3) is 0.273. The number of sulfonamides is 1. The molecule has 2 atom stereocenters. The van der Waals surface area contributed by atoms with Gasteiger partial charge in [0.25, 0.3) is 0 Å². The van der Waals surface area contributed by atoms with Crippen LogP contribution in [0.25, 0.3) is 0 Å². The summed E-state index contributed by atoms with van der Waals surface area (Å²) in [5.74, 6) is -0.828. The Morgan fingerprint density at radius 2 is 1.70 bits per heavy atom. The van der Waals surface area contributed by atoms with Gasteiger partial charge < -0.3 is 15.2 Å². The number of benzene rings is 2. The van der Waals surface area contributed by atoms with Gasteiger partial charge in [0, 0.05) is 24.3 Å². The number of quaternary nitrogens is 1. The maximum absolute atomic E-state index is 13.3. The molecule has 0 saturated heterocycles. The molecule has 33 heavy (non-hydrogen) atoms. The lowest BCUT2D eigenvalue weighted by Crippen LogP contribution is -2.60. The van der Waals surface area contributed by atoms with E-state index < -0.39 is 31.9 Å². The molecular formula is C22H23ClF3N2O4S+. The number of hydrogen-bond acceptors (Lipinski definition) is 5. The van der Waals surface area contributed by atoms with Crippen LogP contribution in [0.1, 0.15) is 6.92 Å². The molecule has 6 nitrogen and oxygen atoms in total. The smallest absolute Gasteiger partial charge is 0.408 e. The summed E-state index contributed by atoms with van der Waals surface area (Å²) in [4.78, 5) is 0. The van der Waals surface area contributed by atoms with E-state index in [1.165, 1.54) is 50.5 Å². The summed E-state index contributed by atoms with van der Waals surface area (Å²) >= 11 is 6.48. The molecule has 0 fully saturated rings. The number of ether oxygens (including phenoxy) is 2. The highest BCUT2D eigenvalue weighted by Crippen LogP contribution is 2.45. The molecule has 0 spiro atoms. The summed E-state index contributed by atoms with van der Waals surface area (Å²) in [6, 6.07) is 11.6. The van der Waals surface area contributed by atoms with Crippen molar-refractivity contribution >= 4 is 27.3 Å². The minimum Gasteiger partial charge on any atom is -0.493 e. The van der Waals surface area contributed by atoms with Gasteiger partial charge in [-0.3, -0.25) is 0 Å². The Kier molecular flexibility index (Phi) is 7.13. The van der Waals surface area contributed by atoms with E-state index in [9.17, 15) is 21.6 Å². The summed E-state index contributed by atoms with van der Waals surface area (Å²) < 4.78 is 76.2. The van der Waals surface area contributed by atoms with Crippen LogP contribution in [-0.4, -0.2) is 40.0 Å². The van der Waals surface area contributed by atoms with E-state index in [2.05, 4.69) is 0 Å². The zero-order valence-corrected chi connectivity index (χ0v) is 19.4. The average Bonchev–Trinajstić information content (AvgIpc) is 2.74. The molecule has 178 valence electrons. The molecular weight excluding hydrogens is 481 g/mol. The Morgan fingerprint density at radius 3 is 2.24 bits per heavy atom. The molecule has 2 aromatic carbocycles. The van der Waals surface area contributed by atoms with Gasteiger partial charge in [-0.05, 0) is 54.9 Å². The third-order valence-corrected chi connectivity index (χ3v) is 8.13. The van der Waals surface area contributed by atoms with E-state index in [0.29, 0.717) is 17.2 Å². The molecule has 1 heterocycles. The van der Waals surface area contributed by atoms with Crippen LogP contribution in [0.3, 0.4) is 0 Å². The molecule has 3 rings (SSSR count). The van der Waals surface area contributed by atoms with E-state index in [1.807, 2.05) is 0 Å². The maximum Gasteiger partial charge on any atom is 0.408 e. The van der Waals surface area contributed by atoms with Crippen LogP contribution < -0.4 is 19.1 Å². The predicted octanol–water partition coefficient (Wildman–Crippen LogP) is 5.05. The number of alkyl halides is 3. The minimum atomic E-state index is -4.96. The van der Waals surface area contributed by atoms with Crippen LogP contribution in [0, 0.1) is 0 Å². The van der Waals surface area contributed by atoms with Crippen molar-refractivity contribution in [2.24, 2.45) is 5.73 Å². The molecule has 2 unspecified atom stereocenters. The van der Waals surface area contributed by atoms with Crippen molar-refractivity contribution in [3.05, 3.63) is 71.4 Å². The third-order valence-electron chi connectivity index (χ3n) is 5.23. The van der Waals surface area contributed by atoms with Gasteiger partial charge in [0.05, 0.1) is 7.11 Å². The summed E-state index contributed by atoms with van der Waals surface area (Å²) in [5, 5.41) is -0.296. The predicted molar refractivity (Wildman–Crippen MR) is 122 cm³/mol. The van der Waals surface area contributed by atoms with Crippen LogP contribution in [-0.2, 0) is 10.0 Å². The topological polar surface area (TPSA) is 78.6 Å². The third kappa shape index (κ3) is 4.74. The number of nitrogens with zero attached hydrogens (tertiary/aromatic N) is 1. The SMILES string of the molecule is COc1ccccc1Oc1ccc([N+]2(S(=O)(=O)CC(F)(F)F)C(Cl)=C(CN)C=CC2C)cc1. The molecule has 0 aromatic heterocycles. The summed E-state index contributed by atoms with van der Waals surface area (Å²) in [7, 11) is -3.44. The zero-order chi connectivity index (χ0) is 24.4. The van der Waals surface area contributed by atoms with Crippen LogP contribution in [0.2, 0.25) is 0 Å². The number of hydrogen-bond donors (Lipinski definition) is 1. The average molecular weight is 504 g/mol. The Balaban J connectivity index is 2.13. The Hall–Kier alpha value is -2.53. The van der Waals surface area contributed by atoms with Crippen molar-refractivity contribution in [2.75, 3.05) is 19.4 Å². The number of nitrogens with two attached hydrogens (primary N) is 1. The molecule has 1 aliphatic heterocycles. The highest BCUT2D eigenvalue weighted by molar-refractivity contribution is 7.91. The van der Waals surface area contributed by atoms with E-state index in [4.69, 9.17) is 26.8 Å². The van der Waals surface area contributed by atoms with Crippen molar-refractivity contribution in [1.29, 1.82) is 0 Å². The fourth-order valence-electron chi connectivity index (χ4n) is 3.75. The van der Waals surface area contributed by atoms with Crippen molar-refractivity contribution < 1.29 is 31.1 Å². The second kappa shape index (κ2) is 9.38. The van der Waals surface area contributed by atoms with Gasteiger partial charge in [-0.1, -0.05) is 12.1 Å². The van der Waals surface area contributed by atoms with Gasteiger partial charge in [0.2, 0.25) is 5.16 Å². The first kappa shape index (κ1) is 25.1. The highest BCUT2D eigenvalue weighted by atomic mass is 35.5. The highest BCUT2D eigenvalue weighted by Gasteiger charge is 2.57. The maximum atomic E-state index is 13.3. The van der Waals surface area contributed by atoms with Crippen LogP contribution in [0.5, 0.6) is 17.2 Å².